The van der Waals surface area contributed by atoms with Crippen LogP contribution in [0.5, 0.6) is 0 Å². The normalized spacial score (nSPS) is 13.9. The molecule has 0 spiro atoms. The lowest BCUT2D eigenvalue weighted by Crippen LogP contribution is -2.29. The number of alkyl halides is 2. The molecule has 0 bridgehead atoms. The third-order valence-electron chi connectivity index (χ3n) is 4.39. The predicted octanol–water partition coefficient (Wildman–Crippen LogP) is 3.98. The number of hydrogen-bond acceptors (Lipinski definition) is 2. The summed E-state index contributed by atoms with van der Waals surface area (Å²) in [4.78, 5) is 1.76. The fourth-order valence-corrected chi connectivity index (χ4v) is 3.39. The van der Waals surface area contributed by atoms with E-state index < -0.39 is 6.43 Å². The SMILES string of the molecule is CCCN(Cc1nn(-c2ccc(F)cc2)c2c1CCC2)CC(F)F. The Morgan fingerprint density at radius 2 is 1.96 bits per heavy atom. The van der Waals surface area contributed by atoms with Crippen molar-refractivity contribution in [2.45, 2.75) is 45.6 Å². The molecule has 2 aromatic rings. The van der Waals surface area contributed by atoms with Crippen LogP contribution in [0.3, 0.4) is 0 Å². The summed E-state index contributed by atoms with van der Waals surface area (Å²) in [7, 11) is 0. The third kappa shape index (κ3) is 3.64. The Kier molecular flexibility index (Phi) is 5.23. The van der Waals surface area contributed by atoms with Crippen LogP contribution in [0.2, 0.25) is 0 Å². The zero-order valence-electron chi connectivity index (χ0n) is 13.8. The van der Waals surface area contributed by atoms with Crippen molar-refractivity contribution in [1.29, 1.82) is 0 Å². The summed E-state index contributed by atoms with van der Waals surface area (Å²) >= 11 is 0. The Labute approximate surface area is 140 Å². The van der Waals surface area contributed by atoms with Gasteiger partial charge in [-0.1, -0.05) is 6.92 Å². The van der Waals surface area contributed by atoms with Crippen molar-refractivity contribution in [1.82, 2.24) is 14.7 Å². The van der Waals surface area contributed by atoms with Crippen LogP contribution in [-0.4, -0.2) is 34.2 Å². The van der Waals surface area contributed by atoms with Gasteiger partial charge < -0.3 is 0 Å². The predicted molar refractivity (Wildman–Crippen MR) is 87.1 cm³/mol. The first kappa shape index (κ1) is 17.0. The molecule has 0 saturated carbocycles. The third-order valence-corrected chi connectivity index (χ3v) is 4.39. The number of aromatic nitrogens is 2. The van der Waals surface area contributed by atoms with Crippen LogP contribution in [-0.2, 0) is 19.4 Å². The molecular weight excluding hydrogens is 315 g/mol. The molecule has 0 radical (unpaired) electrons. The zero-order chi connectivity index (χ0) is 17.1. The van der Waals surface area contributed by atoms with Gasteiger partial charge in [-0.3, -0.25) is 4.90 Å². The molecule has 130 valence electrons. The summed E-state index contributed by atoms with van der Waals surface area (Å²) in [5, 5.41) is 4.67. The average molecular weight is 337 g/mol. The van der Waals surface area contributed by atoms with Crippen LogP contribution in [0, 0.1) is 5.82 Å². The van der Waals surface area contributed by atoms with Crippen LogP contribution in [0.15, 0.2) is 24.3 Å². The number of nitrogens with zero attached hydrogens (tertiary/aromatic N) is 3. The van der Waals surface area contributed by atoms with E-state index in [1.165, 1.54) is 17.7 Å². The number of benzene rings is 1. The minimum Gasteiger partial charge on any atom is -0.292 e. The summed E-state index contributed by atoms with van der Waals surface area (Å²) in [5.41, 5.74) is 4.00. The molecule has 0 atom stereocenters. The van der Waals surface area contributed by atoms with Crippen molar-refractivity contribution in [2.24, 2.45) is 0 Å². The van der Waals surface area contributed by atoms with Crippen LogP contribution < -0.4 is 0 Å². The van der Waals surface area contributed by atoms with Crippen molar-refractivity contribution in [3.05, 3.63) is 47.0 Å². The topological polar surface area (TPSA) is 21.1 Å². The number of halogens is 3. The molecule has 0 fully saturated rings. The van der Waals surface area contributed by atoms with E-state index >= 15 is 0 Å². The molecule has 1 aromatic carbocycles. The molecule has 0 amide bonds. The Balaban J connectivity index is 1.89. The molecule has 1 heterocycles. The monoisotopic (exact) mass is 337 g/mol. The molecular formula is C18H22F3N3. The smallest absolute Gasteiger partial charge is 0.251 e. The number of fused-ring (bicyclic) bond motifs is 1. The zero-order valence-corrected chi connectivity index (χ0v) is 13.8. The van der Waals surface area contributed by atoms with Gasteiger partial charge in [0.1, 0.15) is 5.82 Å². The standard InChI is InChI=1S/C18H22F3N3/c1-2-10-23(12-18(20)21)11-16-15-4-3-5-17(15)24(22-16)14-8-6-13(19)7-9-14/h6-9,18H,2-5,10-12H2,1H3. The summed E-state index contributed by atoms with van der Waals surface area (Å²) in [6.45, 7) is 2.82. The van der Waals surface area contributed by atoms with Crippen LogP contribution >= 0.6 is 0 Å². The molecule has 0 aliphatic heterocycles. The maximum atomic E-state index is 13.2. The van der Waals surface area contributed by atoms with Gasteiger partial charge >= 0.3 is 0 Å². The van der Waals surface area contributed by atoms with Gasteiger partial charge in [0.25, 0.3) is 6.43 Å². The first-order chi connectivity index (χ1) is 11.6. The summed E-state index contributed by atoms with van der Waals surface area (Å²) in [6, 6.07) is 6.23. The van der Waals surface area contributed by atoms with Crippen molar-refractivity contribution in [2.75, 3.05) is 13.1 Å². The lowest BCUT2D eigenvalue weighted by molar-refractivity contribution is 0.0839. The first-order valence-electron chi connectivity index (χ1n) is 8.44. The second-order valence-electron chi connectivity index (χ2n) is 6.24. The fraction of sp³-hybridized carbons (Fsp3) is 0.500. The summed E-state index contributed by atoms with van der Waals surface area (Å²) in [6.07, 6.45) is 1.38. The highest BCUT2D eigenvalue weighted by atomic mass is 19.3. The van der Waals surface area contributed by atoms with Gasteiger partial charge in [0.05, 0.1) is 17.9 Å². The van der Waals surface area contributed by atoms with E-state index in [2.05, 4.69) is 5.10 Å². The van der Waals surface area contributed by atoms with E-state index in [0.29, 0.717) is 13.1 Å². The van der Waals surface area contributed by atoms with Crippen LogP contribution in [0.25, 0.3) is 5.69 Å². The van der Waals surface area contributed by atoms with Crippen LogP contribution in [0.1, 0.15) is 36.7 Å². The van der Waals surface area contributed by atoms with Gasteiger partial charge in [-0.25, -0.2) is 17.9 Å². The van der Waals surface area contributed by atoms with E-state index in [0.717, 1.165) is 42.8 Å². The maximum absolute atomic E-state index is 13.2. The summed E-state index contributed by atoms with van der Waals surface area (Å²) < 4.78 is 40.6. The summed E-state index contributed by atoms with van der Waals surface area (Å²) in [5.74, 6) is -0.283. The number of rotatable bonds is 7. The van der Waals surface area contributed by atoms with Crippen molar-refractivity contribution < 1.29 is 13.2 Å². The molecule has 1 aliphatic carbocycles. The lowest BCUT2D eigenvalue weighted by atomic mass is 10.2. The van der Waals surface area contributed by atoms with Gasteiger partial charge in [-0.2, -0.15) is 5.10 Å². The molecule has 24 heavy (non-hydrogen) atoms. The molecule has 1 aliphatic rings. The van der Waals surface area contributed by atoms with Gasteiger partial charge in [-0.05, 0) is 62.1 Å². The fourth-order valence-electron chi connectivity index (χ4n) is 3.39. The van der Waals surface area contributed by atoms with E-state index in [4.69, 9.17) is 0 Å². The minimum absolute atomic E-state index is 0.230. The minimum atomic E-state index is -2.34. The molecule has 0 unspecified atom stereocenters. The Morgan fingerprint density at radius 3 is 2.62 bits per heavy atom. The van der Waals surface area contributed by atoms with Gasteiger partial charge in [0.2, 0.25) is 0 Å². The van der Waals surface area contributed by atoms with E-state index in [1.807, 2.05) is 11.6 Å². The van der Waals surface area contributed by atoms with Gasteiger partial charge in [-0.15, -0.1) is 0 Å². The lowest BCUT2D eigenvalue weighted by Gasteiger charge is -2.20. The van der Waals surface area contributed by atoms with Gasteiger partial charge in [0, 0.05) is 12.2 Å². The number of hydrogen-bond donors (Lipinski definition) is 0. The molecule has 0 N–H and O–H groups in total. The Bertz CT molecular complexity index is 680. The van der Waals surface area contributed by atoms with Crippen molar-refractivity contribution in [3.8, 4) is 5.69 Å². The van der Waals surface area contributed by atoms with Crippen LogP contribution in [0.4, 0.5) is 13.2 Å². The quantitative estimate of drug-likeness (QED) is 0.762. The second-order valence-corrected chi connectivity index (χ2v) is 6.24. The van der Waals surface area contributed by atoms with E-state index in [1.54, 1.807) is 17.0 Å². The highest BCUT2D eigenvalue weighted by molar-refractivity contribution is 5.40. The molecule has 6 heteroatoms. The highest BCUT2D eigenvalue weighted by Gasteiger charge is 2.24. The van der Waals surface area contributed by atoms with Gasteiger partial charge in [0.15, 0.2) is 0 Å². The van der Waals surface area contributed by atoms with E-state index in [-0.39, 0.29) is 12.4 Å². The molecule has 1 aromatic heterocycles. The first-order valence-corrected chi connectivity index (χ1v) is 8.44. The largest absolute Gasteiger partial charge is 0.292 e. The molecule has 0 saturated heterocycles. The molecule has 3 nitrogen and oxygen atoms in total. The van der Waals surface area contributed by atoms with Crippen molar-refractivity contribution in [3.63, 3.8) is 0 Å². The maximum Gasteiger partial charge on any atom is 0.251 e. The average Bonchev–Trinajstić information content (AvgIpc) is 3.12. The second kappa shape index (κ2) is 7.38. The molecule has 3 rings (SSSR count). The van der Waals surface area contributed by atoms with E-state index in [9.17, 15) is 13.2 Å². The Morgan fingerprint density at radius 1 is 1.21 bits per heavy atom. The Hall–Kier alpha value is -1.82. The van der Waals surface area contributed by atoms with Crippen molar-refractivity contribution >= 4 is 0 Å². The highest BCUT2D eigenvalue weighted by Crippen LogP contribution is 2.28.